The Morgan fingerprint density at radius 2 is 1.91 bits per heavy atom. The van der Waals surface area contributed by atoms with Crippen molar-refractivity contribution in [3.8, 4) is 0 Å². The number of aryl methyl sites for hydroxylation is 2. The van der Waals surface area contributed by atoms with Crippen LogP contribution in [0.15, 0.2) is 18.2 Å². The molecule has 0 spiro atoms. The van der Waals surface area contributed by atoms with E-state index in [0.29, 0.717) is 0 Å². The predicted octanol–water partition coefficient (Wildman–Crippen LogP) is 2.68. The highest BCUT2D eigenvalue weighted by Gasteiger charge is 2.18. The monoisotopic (exact) mass is 299 g/mol. The minimum Gasteiger partial charge on any atom is -0.358 e. The first-order valence-electron chi connectivity index (χ1n) is 8.10. The minimum atomic E-state index is 0.106. The summed E-state index contributed by atoms with van der Waals surface area (Å²) in [7, 11) is 5.93. The van der Waals surface area contributed by atoms with E-state index < -0.39 is 0 Å². The lowest BCUT2D eigenvalue weighted by molar-refractivity contribution is 0.0786. The van der Waals surface area contributed by atoms with E-state index in [9.17, 15) is 4.79 Å². The highest BCUT2D eigenvalue weighted by atomic mass is 16.2. The van der Waals surface area contributed by atoms with Gasteiger partial charge in [0, 0.05) is 42.3 Å². The van der Waals surface area contributed by atoms with E-state index in [1.54, 1.807) is 4.90 Å². The van der Waals surface area contributed by atoms with Gasteiger partial charge in [-0.25, -0.2) is 0 Å². The summed E-state index contributed by atoms with van der Waals surface area (Å²) in [4.78, 5) is 20.0. The third-order valence-corrected chi connectivity index (χ3v) is 4.57. The van der Waals surface area contributed by atoms with E-state index in [4.69, 9.17) is 0 Å². The lowest BCUT2D eigenvalue weighted by Gasteiger charge is -2.19. The topological polar surface area (TPSA) is 39.3 Å². The first kappa shape index (κ1) is 15.1. The van der Waals surface area contributed by atoms with Gasteiger partial charge < -0.3 is 14.8 Å². The van der Waals surface area contributed by atoms with Crippen LogP contribution in [0.2, 0.25) is 0 Å². The lowest BCUT2D eigenvalue weighted by Crippen LogP contribution is -2.33. The highest BCUT2D eigenvalue weighted by molar-refractivity contribution is 5.99. The number of benzene rings is 1. The van der Waals surface area contributed by atoms with Gasteiger partial charge in [0.05, 0.1) is 0 Å². The maximum absolute atomic E-state index is 12.6. The first-order valence-corrected chi connectivity index (χ1v) is 8.10. The third kappa shape index (κ3) is 2.88. The lowest BCUT2D eigenvalue weighted by atomic mass is 9.95. The number of hydrogen-bond acceptors (Lipinski definition) is 2. The van der Waals surface area contributed by atoms with Gasteiger partial charge in [-0.05, 0) is 63.5 Å². The Hall–Kier alpha value is -1.81. The van der Waals surface area contributed by atoms with Gasteiger partial charge in [0.25, 0.3) is 5.91 Å². The molecule has 3 rings (SSSR count). The molecule has 0 fully saturated rings. The highest BCUT2D eigenvalue weighted by Crippen LogP contribution is 2.29. The molecule has 0 atom stereocenters. The first-order chi connectivity index (χ1) is 10.6. The molecule has 0 radical (unpaired) electrons. The van der Waals surface area contributed by atoms with Crippen molar-refractivity contribution < 1.29 is 4.79 Å². The van der Waals surface area contributed by atoms with Crippen LogP contribution in [0.1, 0.15) is 34.5 Å². The van der Waals surface area contributed by atoms with Gasteiger partial charge in [-0.3, -0.25) is 4.79 Å². The summed E-state index contributed by atoms with van der Waals surface area (Å²) in [6, 6.07) is 6.07. The SMILES string of the molecule is CN(C)CCN(C)C(=O)c1ccc2[nH]c3c(c2c1)CCCC3. The van der Waals surface area contributed by atoms with E-state index in [-0.39, 0.29) is 5.91 Å². The summed E-state index contributed by atoms with van der Waals surface area (Å²) in [6.45, 7) is 1.62. The normalized spacial score (nSPS) is 14.4. The van der Waals surface area contributed by atoms with Crippen LogP contribution in [-0.4, -0.2) is 54.9 Å². The number of H-pyrrole nitrogens is 1. The van der Waals surface area contributed by atoms with Gasteiger partial charge in [0.1, 0.15) is 0 Å². The molecule has 1 amide bonds. The number of carbonyl (C=O) groups excluding carboxylic acids is 1. The van der Waals surface area contributed by atoms with Crippen LogP contribution < -0.4 is 0 Å². The van der Waals surface area contributed by atoms with Crippen molar-refractivity contribution in [3.05, 3.63) is 35.0 Å². The van der Waals surface area contributed by atoms with E-state index in [1.807, 2.05) is 27.2 Å². The Labute approximate surface area is 132 Å². The Morgan fingerprint density at radius 3 is 2.68 bits per heavy atom. The molecule has 0 saturated heterocycles. The summed E-state index contributed by atoms with van der Waals surface area (Å²) >= 11 is 0. The van der Waals surface area contributed by atoms with Gasteiger partial charge in [-0.1, -0.05) is 0 Å². The van der Waals surface area contributed by atoms with Crippen molar-refractivity contribution in [3.63, 3.8) is 0 Å². The minimum absolute atomic E-state index is 0.106. The van der Waals surface area contributed by atoms with Gasteiger partial charge in [-0.2, -0.15) is 0 Å². The second kappa shape index (κ2) is 6.13. The molecule has 0 unspecified atom stereocenters. The van der Waals surface area contributed by atoms with E-state index in [1.165, 1.54) is 35.0 Å². The number of nitrogens with one attached hydrogen (secondary N) is 1. The molecule has 4 heteroatoms. The maximum atomic E-state index is 12.6. The number of aromatic amines is 1. The number of amides is 1. The molecule has 1 heterocycles. The van der Waals surface area contributed by atoms with Crippen LogP contribution in [0.25, 0.3) is 10.9 Å². The van der Waals surface area contributed by atoms with Crippen molar-refractivity contribution in [1.29, 1.82) is 0 Å². The quantitative estimate of drug-likeness (QED) is 0.943. The fraction of sp³-hybridized carbons (Fsp3) is 0.500. The summed E-state index contributed by atoms with van der Waals surface area (Å²) in [5.74, 6) is 0.106. The Balaban J connectivity index is 1.86. The molecule has 1 aliphatic carbocycles. The average molecular weight is 299 g/mol. The standard InChI is InChI=1S/C18H25N3O/c1-20(2)10-11-21(3)18(22)13-8-9-17-15(12-13)14-6-4-5-7-16(14)19-17/h8-9,12,19H,4-7,10-11H2,1-3H3. The maximum Gasteiger partial charge on any atom is 0.253 e. The summed E-state index contributed by atoms with van der Waals surface area (Å²) in [6.07, 6.45) is 4.78. The number of carbonyl (C=O) groups is 1. The van der Waals surface area contributed by atoms with Crippen molar-refractivity contribution in [2.75, 3.05) is 34.2 Å². The molecule has 1 aromatic carbocycles. The molecule has 2 aromatic rings. The number of fused-ring (bicyclic) bond motifs is 3. The number of hydrogen-bond donors (Lipinski definition) is 1. The molecule has 0 saturated carbocycles. The fourth-order valence-corrected chi connectivity index (χ4v) is 3.21. The van der Waals surface area contributed by atoms with Crippen molar-refractivity contribution >= 4 is 16.8 Å². The number of aromatic nitrogens is 1. The van der Waals surface area contributed by atoms with Crippen molar-refractivity contribution in [2.45, 2.75) is 25.7 Å². The molecule has 22 heavy (non-hydrogen) atoms. The molecular formula is C18H25N3O. The summed E-state index contributed by atoms with van der Waals surface area (Å²) < 4.78 is 0. The molecule has 1 N–H and O–H groups in total. The van der Waals surface area contributed by atoms with E-state index in [0.717, 1.165) is 31.5 Å². The zero-order valence-electron chi connectivity index (χ0n) is 13.8. The van der Waals surface area contributed by atoms with Gasteiger partial charge >= 0.3 is 0 Å². The van der Waals surface area contributed by atoms with Crippen molar-refractivity contribution in [2.24, 2.45) is 0 Å². The Morgan fingerprint density at radius 1 is 1.14 bits per heavy atom. The fourth-order valence-electron chi connectivity index (χ4n) is 3.21. The third-order valence-electron chi connectivity index (χ3n) is 4.57. The van der Waals surface area contributed by atoms with Crippen LogP contribution in [-0.2, 0) is 12.8 Å². The number of nitrogens with zero attached hydrogens (tertiary/aromatic N) is 2. The predicted molar refractivity (Wildman–Crippen MR) is 90.5 cm³/mol. The molecule has 4 nitrogen and oxygen atoms in total. The number of likely N-dealkylation sites (N-methyl/N-ethyl adjacent to an activating group) is 2. The molecule has 0 aliphatic heterocycles. The second-order valence-corrected chi connectivity index (χ2v) is 6.58. The largest absolute Gasteiger partial charge is 0.358 e. The molecule has 1 aromatic heterocycles. The van der Waals surface area contributed by atoms with Gasteiger partial charge in [0.2, 0.25) is 0 Å². The molecule has 118 valence electrons. The van der Waals surface area contributed by atoms with Crippen LogP contribution in [0.5, 0.6) is 0 Å². The average Bonchev–Trinajstić information content (AvgIpc) is 2.89. The number of rotatable bonds is 4. The van der Waals surface area contributed by atoms with Crippen LogP contribution in [0, 0.1) is 0 Å². The van der Waals surface area contributed by atoms with Gasteiger partial charge in [-0.15, -0.1) is 0 Å². The zero-order chi connectivity index (χ0) is 15.7. The molecule has 0 bridgehead atoms. The Bertz CT molecular complexity index is 687. The molecule has 1 aliphatic rings. The van der Waals surface area contributed by atoms with Crippen LogP contribution in [0.3, 0.4) is 0 Å². The van der Waals surface area contributed by atoms with Crippen LogP contribution >= 0.6 is 0 Å². The zero-order valence-corrected chi connectivity index (χ0v) is 13.8. The molecular weight excluding hydrogens is 274 g/mol. The van der Waals surface area contributed by atoms with Gasteiger partial charge in [0.15, 0.2) is 0 Å². The van der Waals surface area contributed by atoms with E-state index in [2.05, 4.69) is 22.0 Å². The van der Waals surface area contributed by atoms with Crippen LogP contribution in [0.4, 0.5) is 0 Å². The second-order valence-electron chi connectivity index (χ2n) is 6.58. The smallest absolute Gasteiger partial charge is 0.253 e. The van der Waals surface area contributed by atoms with Crippen molar-refractivity contribution in [1.82, 2.24) is 14.8 Å². The summed E-state index contributed by atoms with van der Waals surface area (Å²) in [5, 5.41) is 1.24. The Kier molecular flexibility index (Phi) is 4.21. The van der Waals surface area contributed by atoms with E-state index >= 15 is 0 Å². The summed E-state index contributed by atoms with van der Waals surface area (Å²) in [5.41, 5.74) is 4.75.